The largest absolute Gasteiger partial charge is 0.488 e. The summed E-state index contributed by atoms with van der Waals surface area (Å²) in [5.74, 6) is 1.99. The second-order valence-corrected chi connectivity index (χ2v) is 6.45. The van der Waals surface area contributed by atoms with Crippen molar-refractivity contribution in [2.45, 2.75) is 13.2 Å². The van der Waals surface area contributed by atoms with Crippen LogP contribution in [0.25, 0.3) is 11.3 Å². The van der Waals surface area contributed by atoms with Crippen molar-refractivity contribution in [3.63, 3.8) is 0 Å². The fourth-order valence-corrected chi connectivity index (χ4v) is 3.48. The second kappa shape index (κ2) is 6.05. The van der Waals surface area contributed by atoms with E-state index in [-0.39, 0.29) is 12.7 Å². The number of para-hydroxylation sites is 1. The summed E-state index contributed by atoms with van der Waals surface area (Å²) in [5, 5.41) is 7.37. The van der Waals surface area contributed by atoms with Crippen molar-refractivity contribution in [1.29, 1.82) is 0 Å². The average Bonchev–Trinajstić information content (AvgIpc) is 3.30. The lowest BCUT2D eigenvalue weighted by atomic mass is 10.0. The molecule has 27 heavy (non-hydrogen) atoms. The Morgan fingerprint density at radius 2 is 1.96 bits per heavy atom. The number of hydrogen-bond donors (Lipinski definition) is 1. The van der Waals surface area contributed by atoms with Crippen LogP contribution < -0.4 is 19.5 Å². The molecule has 2 aliphatic heterocycles. The predicted octanol–water partition coefficient (Wildman–Crippen LogP) is 2.64. The van der Waals surface area contributed by atoms with Crippen LogP contribution >= 0.6 is 0 Å². The molecule has 1 N–H and O–H groups in total. The topological polar surface area (TPSA) is 74.6 Å². The van der Waals surface area contributed by atoms with Crippen molar-refractivity contribution in [2.24, 2.45) is 7.05 Å². The van der Waals surface area contributed by atoms with Gasteiger partial charge in [0.15, 0.2) is 17.2 Å². The summed E-state index contributed by atoms with van der Waals surface area (Å²) in [6.45, 7) is 0.928. The van der Waals surface area contributed by atoms with E-state index in [1.165, 1.54) is 0 Å². The van der Waals surface area contributed by atoms with Crippen LogP contribution in [-0.2, 0) is 20.2 Å². The zero-order valence-electron chi connectivity index (χ0n) is 14.7. The van der Waals surface area contributed by atoms with Gasteiger partial charge in [0.05, 0.1) is 5.69 Å². The Kier molecular flexibility index (Phi) is 3.53. The third kappa shape index (κ3) is 2.59. The maximum Gasteiger partial charge on any atom is 0.272 e. The fraction of sp³-hybridized carbons (Fsp3) is 0.200. The Morgan fingerprint density at radius 3 is 2.89 bits per heavy atom. The molecule has 0 fully saturated rings. The van der Waals surface area contributed by atoms with Gasteiger partial charge in [0.25, 0.3) is 5.91 Å². The Labute approximate surface area is 155 Å². The molecule has 2 aliphatic rings. The highest BCUT2D eigenvalue weighted by Crippen LogP contribution is 2.38. The highest BCUT2D eigenvalue weighted by molar-refractivity contribution is 5.96. The summed E-state index contributed by atoms with van der Waals surface area (Å²) in [4.78, 5) is 12.8. The van der Waals surface area contributed by atoms with Crippen LogP contribution in [0, 0.1) is 0 Å². The van der Waals surface area contributed by atoms with Crippen molar-refractivity contribution >= 4 is 5.91 Å². The van der Waals surface area contributed by atoms with Gasteiger partial charge in [-0.25, -0.2) is 0 Å². The monoisotopic (exact) mass is 363 g/mol. The molecule has 1 amide bonds. The third-order valence-electron chi connectivity index (χ3n) is 4.76. The standard InChI is InChI=1S/C20H17N3O4/c1-23-19-13-4-2-3-5-15(13)25-10-14(19)18(22-23)20(24)21-9-12-6-7-16-17(8-12)27-11-26-16/h2-8H,9-11H2,1H3,(H,21,24). The molecule has 0 atom stereocenters. The van der Waals surface area contributed by atoms with Gasteiger partial charge in [0.2, 0.25) is 6.79 Å². The second-order valence-electron chi connectivity index (χ2n) is 6.45. The number of carbonyl (C=O) groups is 1. The van der Waals surface area contributed by atoms with Gasteiger partial charge in [-0.05, 0) is 29.8 Å². The van der Waals surface area contributed by atoms with Crippen LogP contribution in [0.4, 0.5) is 0 Å². The van der Waals surface area contributed by atoms with Crippen molar-refractivity contribution in [3.8, 4) is 28.5 Å². The van der Waals surface area contributed by atoms with Crippen molar-refractivity contribution in [3.05, 3.63) is 59.3 Å². The predicted molar refractivity (Wildman–Crippen MR) is 96.7 cm³/mol. The molecule has 136 valence electrons. The Morgan fingerprint density at radius 1 is 1.11 bits per heavy atom. The minimum atomic E-state index is -0.229. The number of rotatable bonds is 3. The van der Waals surface area contributed by atoms with Gasteiger partial charge >= 0.3 is 0 Å². The van der Waals surface area contributed by atoms with E-state index in [2.05, 4.69) is 10.4 Å². The highest BCUT2D eigenvalue weighted by atomic mass is 16.7. The summed E-state index contributed by atoms with van der Waals surface area (Å²) in [5.41, 5.74) is 4.00. The van der Waals surface area contributed by atoms with Gasteiger partial charge in [0, 0.05) is 24.7 Å². The Bertz CT molecular complexity index is 1060. The van der Waals surface area contributed by atoms with Crippen LogP contribution in [0.3, 0.4) is 0 Å². The molecular formula is C20H17N3O4. The van der Waals surface area contributed by atoms with Crippen molar-refractivity contribution < 1.29 is 19.0 Å². The van der Waals surface area contributed by atoms with Gasteiger partial charge in [-0.2, -0.15) is 5.10 Å². The quantitative estimate of drug-likeness (QED) is 0.774. The van der Waals surface area contributed by atoms with E-state index >= 15 is 0 Å². The maximum atomic E-state index is 12.8. The third-order valence-corrected chi connectivity index (χ3v) is 4.76. The van der Waals surface area contributed by atoms with Gasteiger partial charge < -0.3 is 19.5 Å². The van der Waals surface area contributed by atoms with Crippen LogP contribution in [0.5, 0.6) is 17.2 Å². The minimum absolute atomic E-state index is 0.229. The molecule has 1 aromatic heterocycles. The maximum absolute atomic E-state index is 12.8. The van der Waals surface area contributed by atoms with Crippen LogP contribution in [0.15, 0.2) is 42.5 Å². The first-order valence-electron chi connectivity index (χ1n) is 8.65. The lowest BCUT2D eigenvalue weighted by Gasteiger charge is -2.18. The SMILES string of the molecule is Cn1nc(C(=O)NCc2ccc3c(c2)OCO3)c2c1-c1ccccc1OC2. The molecule has 0 radical (unpaired) electrons. The molecule has 0 spiro atoms. The molecule has 3 heterocycles. The molecule has 5 rings (SSSR count). The highest BCUT2D eigenvalue weighted by Gasteiger charge is 2.28. The molecule has 0 bridgehead atoms. The summed E-state index contributed by atoms with van der Waals surface area (Å²) >= 11 is 0. The molecular weight excluding hydrogens is 346 g/mol. The van der Waals surface area contributed by atoms with E-state index in [0.29, 0.717) is 24.6 Å². The molecule has 7 nitrogen and oxygen atoms in total. The van der Waals surface area contributed by atoms with Crippen molar-refractivity contribution in [1.82, 2.24) is 15.1 Å². The fourth-order valence-electron chi connectivity index (χ4n) is 3.48. The first kappa shape index (κ1) is 15.7. The van der Waals surface area contributed by atoms with Crippen LogP contribution in [0.2, 0.25) is 0 Å². The molecule has 2 aromatic carbocycles. The molecule has 0 unspecified atom stereocenters. The van der Waals surface area contributed by atoms with E-state index in [9.17, 15) is 4.79 Å². The zero-order chi connectivity index (χ0) is 18.4. The summed E-state index contributed by atoms with van der Waals surface area (Å²) in [6, 6.07) is 13.4. The number of aromatic nitrogens is 2. The summed E-state index contributed by atoms with van der Waals surface area (Å²) in [6.07, 6.45) is 0. The number of nitrogens with zero attached hydrogens (tertiary/aromatic N) is 2. The number of fused-ring (bicyclic) bond motifs is 4. The number of carbonyl (C=O) groups excluding carboxylic acids is 1. The van der Waals surface area contributed by atoms with E-state index in [0.717, 1.165) is 33.9 Å². The van der Waals surface area contributed by atoms with Gasteiger partial charge in [-0.3, -0.25) is 9.48 Å². The smallest absolute Gasteiger partial charge is 0.272 e. The first-order valence-corrected chi connectivity index (χ1v) is 8.65. The Hall–Kier alpha value is -3.48. The lowest BCUT2D eigenvalue weighted by molar-refractivity contribution is 0.0942. The molecule has 7 heteroatoms. The molecule has 0 aliphatic carbocycles. The molecule has 3 aromatic rings. The number of benzene rings is 2. The first-order chi connectivity index (χ1) is 13.2. The van der Waals surface area contributed by atoms with Gasteiger partial charge in [0.1, 0.15) is 12.4 Å². The number of amides is 1. The van der Waals surface area contributed by atoms with E-state index < -0.39 is 0 Å². The van der Waals surface area contributed by atoms with Crippen LogP contribution in [-0.4, -0.2) is 22.5 Å². The normalized spacial score (nSPS) is 13.5. The molecule has 0 saturated carbocycles. The van der Waals surface area contributed by atoms with E-state index in [4.69, 9.17) is 14.2 Å². The number of nitrogens with one attached hydrogen (secondary N) is 1. The lowest BCUT2D eigenvalue weighted by Crippen LogP contribution is -2.25. The minimum Gasteiger partial charge on any atom is -0.488 e. The van der Waals surface area contributed by atoms with Gasteiger partial charge in [-0.15, -0.1) is 0 Å². The average molecular weight is 363 g/mol. The van der Waals surface area contributed by atoms with E-state index in [1.54, 1.807) is 4.68 Å². The van der Waals surface area contributed by atoms with Crippen molar-refractivity contribution in [2.75, 3.05) is 6.79 Å². The summed E-state index contributed by atoms with van der Waals surface area (Å²) in [7, 11) is 1.84. The number of aryl methyl sites for hydroxylation is 1. The van der Waals surface area contributed by atoms with E-state index in [1.807, 2.05) is 49.5 Å². The summed E-state index contributed by atoms with van der Waals surface area (Å²) < 4.78 is 18.2. The molecule has 0 saturated heterocycles. The number of ether oxygens (including phenoxy) is 3. The van der Waals surface area contributed by atoms with Crippen LogP contribution in [0.1, 0.15) is 21.6 Å². The zero-order valence-corrected chi connectivity index (χ0v) is 14.7. The number of hydrogen-bond acceptors (Lipinski definition) is 5. The Balaban J connectivity index is 1.39. The van der Waals surface area contributed by atoms with Gasteiger partial charge in [-0.1, -0.05) is 18.2 Å².